The molecular formula is C10H18O3. The van der Waals surface area contributed by atoms with Crippen molar-refractivity contribution in [2.75, 3.05) is 20.8 Å². The van der Waals surface area contributed by atoms with Crippen molar-refractivity contribution in [1.82, 2.24) is 0 Å². The van der Waals surface area contributed by atoms with E-state index in [1.807, 2.05) is 0 Å². The molecule has 76 valence electrons. The van der Waals surface area contributed by atoms with Gasteiger partial charge in [-0.1, -0.05) is 6.92 Å². The number of hydrogen-bond donors (Lipinski definition) is 0. The van der Waals surface area contributed by atoms with Crippen LogP contribution >= 0.6 is 0 Å². The zero-order valence-corrected chi connectivity index (χ0v) is 8.63. The van der Waals surface area contributed by atoms with E-state index >= 15 is 0 Å². The Morgan fingerprint density at radius 2 is 2.00 bits per heavy atom. The second kappa shape index (κ2) is 2.94. The van der Waals surface area contributed by atoms with E-state index in [2.05, 4.69) is 6.92 Å². The third kappa shape index (κ3) is 1.01. The molecule has 0 aromatic rings. The van der Waals surface area contributed by atoms with Crippen molar-refractivity contribution in [3.8, 4) is 0 Å². The summed E-state index contributed by atoms with van der Waals surface area (Å²) in [5.41, 5.74) is 0.0521. The van der Waals surface area contributed by atoms with Crippen LogP contribution in [0.5, 0.6) is 0 Å². The molecule has 13 heavy (non-hydrogen) atoms. The van der Waals surface area contributed by atoms with E-state index in [-0.39, 0.29) is 5.41 Å². The Kier molecular flexibility index (Phi) is 2.13. The summed E-state index contributed by atoms with van der Waals surface area (Å²) in [6, 6.07) is 0. The van der Waals surface area contributed by atoms with Crippen molar-refractivity contribution >= 4 is 0 Å². The van der Waals surface area contributed by atoms with Crippen LogP contribution in [0.3, 0.4) is 0 Å². The molecule has 1 aliphatic carbocycles. The van der Waals surface area contributed by atoms with E-state index in [9.17, 15) is 0 Å². The van der Waals surface area contributed by atoms with Gasteiger partial charge in [0.2, 0.25) is 0 Å². The molecule has 1 saturated carbocycles. The van der Waals surface area contributed by atoms with Crippen LogP contribution < -0.4 is 0 Å². The normalized spacial score (nSPS) is 42.2. The molecule has 1 saturated heterocycles. The molecule has 0 spiro atoms. The van der Waals surface area contributed by atoms with Gasteiger partial charge < -0.3 is 14.2 Å². The Hall–Kier alpha value is -0.120. The zero-order valence-electron chi connectivity index (χ0n) is 8.63. The van der Waals surface area contributed by atoms with Crippen LogP contribution in [0.25, 0.3) is 0 Å². The van der Waals surface area contributed by atoms with Gasteiger partial charge in [-0.2, -0.15) is 0 Å². The molecule has 3 nitrogen and oxygen atoms in total. The topological polar surface area (TPSA) is 27.7 Å². The van der Waals surface area contributed by atoms with Crippen molar-refractivity contribution in [2.24, 2.45) is 5.41 Å². The highest BCUT2D eigenvalue weighted by molar-refractivity contribution is 5.04. The van der Waals surface area contributed by atoms with Crippen LogP contribution in [-0.4, -0.2) is 32.7 Å². The maximum absolute atomic E-state index is 5.73. The second-order valence-corrected chi connectivity index (χ2v) is 4.27. The summed E-state index contributed by atoms with van der Waals surface area (Å²) in [7, 11) is 3.41. The molecule has 0 aromatic heterocycles. The maximum atomic E-state index is 5.73. The molecule has 2 unspecified atom stereocenters. The average Bonchev–Trinajstić information content (AvgIpc) is 2.61. The SMILES string of the molecule is COC1(OC)COC2CCCC21C. The number of rotatable bonds is 2. The smallest absolute Gasteiger partial charge is 0.199 e. The first-order chi connectivity index (χ1) is 6.18. The summed E-state index contributed by atoms with van der Waals surface area (Å²) >= 11 is 0. The summed E-state index contributed by atoms with van der Waals surface area (Å²) in [4.78, 5) is 0. The summed E-state index contributed by atoms with van der Waals surface area (Å²) < 4.78 is 16.8. The van der Waals surface area contributed by atoms with Gasteiger partial charge in [-0.25, -0.2) is 0 Å². The van der Waals surface area contributed by atoms with Crippen LogP contribution in [-0.2, 0) is 14.2 Å². The van der Waals surface area contributed by atoms with Crippen LogP contribution in [0.4, 0.5) is 0 Å². The van der Waals surface area contributed by atoms with Gasteiger partial charge in [0, 0.05) is 14.2 Å². The predicted octanol–water partition coefficient (Wildman–Crippen LogP) is 1.56. The zero-order chi connectivity index (χ0) is 9.53. The monoisotopic (exact) mass is 186 g/mol. The summed E-state index contributed by atoms with van der Waals surface area (Å²) in [5.74, 6) is -0.506. The highest BCUT2D eigenvalue weighted by Gasteiger charge is 2.61. The molecule has 3 heteroatoms. The quantitative estimate of drug-likeness (QED) is 0.613. The lowest BCUT2D eigenvalue weighted by atomic mass is 9.80. The molecule has 0 N–H and O–H groups in total. The van der Waals surface area contributed by atoms with Gasteiger partial charge in [0.15, 0.2) is 5.79 Å². The molecule has 1 aliphatic heterocycles. The van der Waals surface area contributed by atoms with Crippen LogP contribution in [0.2, 0.25) is 0 Å². The Labute approximate surface area is 79.4 Å². The van der Waals surface area contributed by atoms with E-state index in [4.69, 9.17) is 14.2 Å². The maximum Gasteiger partial charge on any atom is 0.199 e. The van der Waals surface area contributed by atoms with Gasteiger partial charge >= 0.3 is 0 Å². The number of ether oxygens (including phenoxy) is 3. The van der Waals surface area contributed by atoms with Gasteiger partial charge in [0.25, 0.3) is 0 Å². The van der Waals surface area contributed by atoms with Crippen LogP contribution in [0.15, 0.2) is 0 Å². The highest BCUT2D eigenvalue weighted by atomic mass is 16.7. The summed E-state index contributed by atoms with van der Waals surface area (Å²) in [6.45, 7) is 2.78. The number of fused-ring (bicyclic) bond motifs is 1. The minimum absolute atomic E-state index is 0.0521. The Bertz CT molecular complexity index is 200. The minimum Gasteiger partial charge on any atom is -0.372 e. The Balaban J connectivity index is 2.30. The fourth-order valence-electron chi connectivity index (χ4n) is 2.88. The molecule has 0 aromatic carbocycles. The fraction of sp³-hybridized carbons (Fsp3) is 1.00. The first-order valence-electron chi connectivity index (χ1n) is 4.90. The third-order valence-electron chi connectivity index (χ3n) is 3.88. The van der Waals surface area contributed by atoms with Gasteiger partial charge in [0.05, 0.1) is 11.5 Å². The van der Waals surface area contributed by atoms with Gasteiger partial charge in [-0.3, -0.25) is 0 Å². The lowest BCUT2D eigenvalue weighted by Crippen LogP contribution is -2.49. The van der Waals surface area contributed by atoms with Crippen molar-refractivity contribution in [3.05, 3.63) is 0 Å². The molecule has 2 rings (SSSR count). The van der Waals surface area contributed by atoms with E-state index in [1.54, 1.807) is 14.2 Å². The molecular weight excluding hydrogens is 168 g/mol. The average molecular weight is 186 g/mol. The minimum atomic E-state index is -0.506. The molecule has 1 heterocycles. The molecule has 2 fully saturated rings. The van der Waals surface area contributed by atoms with E-state index < -0.39 is 5.79 Å². The van der Waals surface area contributed by atoms with E-state index in [0.717, 1.165) is 12.8 Å². The van der Waals surface area contributed by atoms with Crippen LogP contribution in [0, 0.1) is 5.41 Å². The predicted molar refractivity (Wildman–Crippen MR) is 48.4 cm³/mol. The largest absolute Gasteiger partial charge is 0.372 e. The van der Waals surface area contributed by atoms with Crippen LogP contribution in [0.1, 0.15) is 26.2 Å². The molecule has 2 aliphatic rings. The molecule has 0 bridgehead atoms. The molecule has 0 amide bonds. The lowest BCUT2D eigenvalue weighted by molar-refractivity contribution is -0.252. The molecule has 2 atom stereocenters. The van der Waals surface area contributed by atoms with Crippen molar-refractivity contribution in [3.63, 3.8) is 0 Å². The highest BCUT2D eigenvalue weighted by Crippen LogP contribution is 2.54. The Morgan fingerprint density at radius 1 is 1.31 bits per heavy atom. The first-order valence-corrected chi connectivity index (χ1v) is 4.90. The summed E-state index contributed by atoms with van der Waals surface area (Å²) in [6.07, 6.45) is 3.83. The number of hydrogen-bond acceptors (Lipinski definition) is 3. The van der Waals surface area contributed by atoms with Gasteiger partial charge in [0.1, 0.15) is 6.61 Å². The van der Waals surface area contributed by atoms with Crippen molar-refractivity contribution < 1.29 is 14.2 Å². The number of methoxy groups -OCH3 is 2. The van der Waals surface area contributed by atoms with Crippen molar-refractivity contribution in [2.45, 2.75) is 38.1 Å². The van der Waals surface area contributed by atoms with Gasteiger partial charge in [-0.15, -0.1) is 0 Å². The van der Waals surface area contributed by atoms with E-state index in [1.165, 1.54) is 6.42 Å². The lowest BCUT2D eigenvalue weighted by Gasteiger charge is -2.38. The third-order valence-corrected chi connectivity index (χ3v) is 3.88. The van der Waals surface area contributed by atoms with Crippen molar-refractivity contribution in [1.29, 1.82) is 0 Å². The summed E-state index contributed by atoms with van der Waals surface area (Å²) in [5, 5.41) is 0. The standard InChI is InChI=1S/C10H18O3/c1-9-6-4-5-8(9)13-7-10(9,11-2)12-3/h8H,4-7H2,1-3H3. The first kappa shape index (κ1) is 9.44. The molecule has 0 radical (unpaired) electrons. The van der Waals surface area contributed by atoms with E-state index in [0.29, 0.717) is 12.7 Å². The Morgan fingerprint density at radius 3 is 2.62 bits per heavy atom. The second-order valence-electron chi connectivity index (χ2n) is 4.27. The fourth-order valence-corrected chi connectivity index (χ4v) is 2.88. The van der Waals surface area contributed by atoms with Gasteiger partial charge in [-0.05, 0) is 19.3 Å².